The molecule has 0 fully saturated rings. The van der Waals surface area contributed by atoms with E-state index in [1.54, 1.807) is 0 Å². The molecular formula is C11H9B3N2O3. The first-order chi connectivity index (χ1) is 9.09. The third-order valence-electron chi connectivity index (χ3n) is 3.15. The van der Waals surface area contributed by atoms with E-state index < -0.39 is 0 Å². The fourth-order valence-electron chi connectivity index (χ4n) is 2.10. The highest BCUT2D eigenvalue weighted by atomic mass is 16.6. The summed E-state index contributed by atoms with van der Waals surface area (Å²) in [5.74, 6) is 0.789. The van der Waals surface area contributed by atoms with Gasteiger partial charge in [-0.1, -0.05) is 10.9 Å². The molecular weight excluding hydrogens is 241 g/mol. The summed E-state index contributed by atoms with van der Waals surface area (Å²) in [6.07, 6.45) is -0.389. The number of phenols is 1. The minimum atomic E-state index is -0.389. The maximum Gasteiger partial charge on any atom is 0.202 e. The van der Waals surface area contributed by atoms with E-state index in [0.717, 1.165) is 6.54 Å². The van der Waals surface area contributed by atoms with Crippen molar-refractivity contribution in [3.63, 3.8) is 0 Å². The summed E-state index contributed by atoms with van der Waals surface area (Å²) < 4.78 is 11.2. The zero-order valence-electron chi connectivity index (χ0n) is 10.1. The first-order valence-corrected chi connectivity index (χ1v) is 5.86. The van der Waals surface area contributed by atoms with Gasteiger partial charge in [-0.25, -0.2) is 0 Å². The Kier molecular flexibility index (Phi) is 2.88. The summed E-state index contributed by atoms with van der Waals surface area (Å²) in [6.45, 7) is 1.69. The summed E-state index contributed by atoms with van der Waals surface area (Å²) in [5.41, 5.74) is 0.241. The Morgan fingerprint density at radius 3 is 2.63 bits per heavy atom. The lowest BCUT2D eigenvalue weighted by molar-refractivity contribution is 0.131. The zero-order valence-corrected chi connectivity index (χ0v) is 10.1. The van der Waals surface area contributed by atoms with Crippen LogP contribution in [0.1, 0.15) is 0 Å². The monoisotopic (exact) mass is 250 g/mol. The average Bonchev–Trinajstić information content (AvgIpc) is 2.96. The van der Waals surface area contributed by atoms with Crippen LogP contribution in [-0.2, 0) is 0 Å². The third-order valence-corrected chi connectivity index (χ3v) is 3.15. The molecule has 3 rings (SSSR count). The summed E-state index contributed by atoms with van der Waals surface area (Å²) in [5, 5.41) is 13.0. The first kappa shape index (κ1) is 12.3. The predicted molar refractivity (Wildman–Crippen MR) is 74.5 cm³/mol. The molecule has 2 aliphatic rings. The summed E-state index contributed by atoms with van der Waals surface area (Å²) in [6, 6.07) is 0. The van der Waals surface area contributed by atoms with E-state index in [9.17, 15) is 5.11 Å². The quantitative estimate of drug-likeness (QED) is 0.518. The number of ether oxygens (including phenoxy) is 2. The van der Waals surface area contributed by atoms with E-state index in [1.165, 1.54) is 0 Å². The van der Waals surface area contributed by atoms with Gasteiger partial charge in [-0.3, -0.25) is 4.99 Å². The molecule has 2 aliphatic heterocycles. The van der Waals surface area contributed by atoms with Crippen molar-refractivity contribution in [2.24, 2.45) is 4.99 Å². The second-order valence-electron chi connectivity index (χ2n) is 4.36. The molecule has 1 aromatic rings. The lowest BCUT2D eigenvalue weighted by atomic mass is 9.71. The van der Waals surface area contributed by atoms with Crippen molar-refractivity contribution in [2.75, 3.05) is 19.7 Å². The Bertz CT molecular complexity index is 577. The maximum absolute atomic E-state index is 9.89. The van der Waals surface area contributed by atoms with E-state index in [0.29, 0.717) is 12.4 Å². The smallest absolute Gasteiger partial charge is 0.202 e. The van der Waals surface area contributed by atoms with Crippen molar-refractivity contribution >= 4 is 45.8 Å². The zero-order chi connectivity index (χ0) is 13.6. The minimum Gasteiger partial charge on any atom is -0.505 e. The van der Waals surface area contributed by atoms with E-state index in [2.05, 4.69) is 10.3 Å². The molecule has 0 aliphatic carbocycles. The maximum atomic E-state index is 9.89. The van der Waals surface area contributed by atoms with Gasteiger partial charge in [-0.2, -0.15) is 0 Å². The lowest BCUT2D eigenvalue weighted by Gasteiger charge is -2.30. The first-order valence-electron chi connectivity index (χ1n) is 5.86. The number of benzene rings is 1. The molecule has 5 nitrogen and oxygen atoms in total. The van der Waals surface area contributed by atoms with Crippen LogP contribution in [0.25, 0.3) is 0 Å². The summed E-state index contributed by atoms with van der Waals surface area (Å²) in [7, 11) is 17.2. The SMILES string of the molecule is [B]c1c([B])c(O)c2c(c1[B])OC(C1=NCCN1)CO2. The van der Waals surface area contributed by atoms with Gasteiger partial charge in [0.15, 0.2) is 17.6 Å². The third kappa shape index (κ3) is 1.86. The molecule has 6 radical (unpaired) electrons. The van der Waals surface area contributed by atoms with Crippen LogP contribution in [0.3, 0.4) is 0 Å². The molecule has 0 spiro atoms. The van der Waals surface area contributed by atoms with Crippen molar-refractivity contribution in [3.05, 3.63) is 0 Å². The molecule has 8 heteroatoms. The Hall–Kier alpha value is -1.72. The fraction of sp³-hybridized carbons (Fsp3) is 0.364. The normalized spacial score (nSPS) is 20.8. The van der Waals surface area contributed by atoms with Gasteiger partial charge >= 0.3 is 0 Å². The van der Waals surface area contributed by atoms with Crippen LogP contribution < -0.4 is 31.2 Å². The second kappa shape index (κ2) is 4.44. The Labute approximate surface area is 114 Å². The molecule has 2 heterocycles. The van der Waals surface area contributed by atoms with Crippen LogP contribution in [0.5, 0.6) is 17.2 Å². The Morgan fingerprint density at radius 2 is 1.95 bits per heavy atom. The number of aromatic hydroxyl groups is 1. The van der Waals surface area contributed by atoms with Gasteiger partial charge in [0.25, 0.3) is 0 Å². The summed E-state index contributed by atoms with van der Waals surface area (Å²) >= 11 is 0. The predicted octanol–water partition coefficient (Wildman–Crippen LogP) is -3.08. The molecule has 0 bridgehead atoms. The number of nitrogens with zero attached hydrogens (tertiary/aromatic N) is 1. The summed E-state index contributed by atoms with van der Waals surface area (Å²) in [4.78, 5) is 4.27. The van der Waals surface area contributed by atoms with Crippen LogP contribution in [0.4, 0.5) is 0 Å². The van der Waals surface area contributed by atoms with Gasteiger partial charge in [0.2, 0.25) is 5.75 Å². The number of hydrogen-bond donors (Lipinski definition) is 2. The molecule has 1 atom stereocenters. The Morgan fingerprint density at radius 1 is 1.16 bits per heavy atom. The van der Waals surface area contributed by atoms with Crippen LogP contribution in [0.15, 0.2) is 4.99 Å². The van der Waals surface area contributed by atoms with Gasteiger partial charge < -0.3 is 19.9 Å². The number of fused-ring (bicyclic) bond motifs is 1. The van der Waals surface area contributed by atoms with Gasteiger partial charge in [0.1, 0.15) is 36.0 Å². The number of phenolic OH excluding ortho intramolecular Hbond substituents is 1. The van der Waals surface area contributed by atoms with Crippen LogP contribution in [0.2, 0.25) is 0 Å². The molecule has 0 amide bonds. The highest BCUT2D eigenvalue weighted by Gasteiger charge is 2.31. The number of rotatable bonds is 1. The van der Waals surface area contributed by atoms with Crippen molar-refractivity contribution in [3.8, 4) is 17.2 Å². The fourth-order valence-corrected chi connectivity index (χ4v) is 2.10. The van der Waals surface area contributed by atoms with Gasteiger partial charge in [-0.15, -0.1) is 5.46 Å². The largest absolute Gasteiger partial charge is 0.505 e. The Balaban J connectivity index is 2.01. The van der Waals surface area contributed by atoms with E-state index in [1.807, 2.05) is 0 Å². The highest BCUT2D eigenvalue weighted by Crippen LogP contribution is 2.36. The molecule has 90 valence electrons. The molecule has 2 N–H and O–H groups in total. The average molecular weight is 250 g/mol. The van der Waals surface area contributed by atoms with E-state index in [4.69, 9.17) is 33.0 Å². The molecule has 19 heavy (non-hydrogen) atoms. The molecule has 1 aromatic carbocycles. The van der Waals surface area contributed by atoms with E-state index >= 15 is 0 Å². The topological polar surface area (TPSA) is 63.1 Å². The van der Waals surface area contributed by atoms with Crippen molar-refractivity contribution in [1.29, 1.82) is 0 Å². The number of aliphatic imine (C=N–C) groups is 1. The minimum absolute atomic E-state index is 0.00497. The van der Waals surface area contributed by atoms with Crippen LogP contribution >= 0.6 is 0 Å². The van der Waals surface area contributed by atoms with Crippen LogP contribution in [0, 0.1) is 0 Å². The van der Waals surface area contributed by atoms with Gasteiger partial charge in [0, 0.05) is 6.54 Å². The molecule has 1 unspecified atom stereocenters. The standard InChI is InChI=1S/C11H9B3N2O3/c12-5-6(13)8(17)10-9(7(5)14)19-4(3-18-10)11-15-1-2-16-11/h4,17H,1-3H2,(H,15,16). The lowest BCUT2D eigenvalue weighted by Crippen LogP contribution is -2.47. The van der Waals surface area contributed by atoms with Gasteiger partial charge in [-0.05, 0) is 0 Å². The number of hydrogen-bond acceptors (Lipinski definition) is 5. The van der Waals surface area contributed by atoms with Crippen LogP contribution in [-0.4, -0.2) is 60.3 Å². The molecule has 0 saturated heterocycles. The second-order valence-corrected chi connectivity index (χ2v) is 4.36. The van der Waals surface area contributed by atoms with Crippen molar-refractivity contribution in [1.82, 2.24) is 5.32 Å². The highest BCUT2D eigenvalue weighted by molar-refractivity contribution is 6.59. The van der Waals surface area contributed by atoms with Gasteiger partial charge in [0.05, 0.1) is 6.54 Å². The number of amidine groups is 1. The number of nitrogens with one attached hydrogen (secondary N) is 1. The van der Waals surface area contributed by atoms with Crippen molar-refractivity contribution in [2.45, 2.75) is 6.10 Å². The van der Waals surface area contributed by atoms with Crippen molar-refractivity contribution < 1.29 is 14.6 Å². The molecule has 0 saturated carbocycles. The van der Waals surface area contributed by atoms with E-state index in [-0.39, 0.29) is 46.3 Å². The molecule has 0 aromatic heterocycles.